The minimum Gasteiger partial charge on any atom is -0.310 e. The normalized spacial score (nSPS) is 36.4. The third kappa shape index (κ3) is 2.46. The lowest BCUT2D eigenvalue weighted by Crippen LogP contribution is -2.43. The SMILES string of the molecule is CC1CSCC1N[C@@H](C)C1CCCC1. The van der Waals surface area contributed by atoms with Crippen LogP contribution >= 0.6 is 11.8 Å². The molecule has 3 atom stereocenters. The van der Waals surface area contributed by atoms with Crippen LogP contribution in [0.4, 0.5) is 0 Å². The second kappa shape index (κ2) is 4.89. The first-order chi connectivity index (χ1) is 6.77. The Labute approximate surface area is 92.4 Å². The van der Waals surface area contributed by atoms with Crippen LogP contribution in [0.25, 0.3) is 0 Å². The van der Waals surface area contributed by atoms with Crippen molar-refractivity contribution < 1.29 is 0 Å². The Hall–Kier alpha value is 0.310. The zero-order chi connectivity index (χ0) is 9.97. The first-order valence-corrected chi connectivity index (χ1v) is 7.26. The fraction of sp³-hybridized carbons (Fsp3) is 1.00. The molecule has 1 heterocycles. The van der Waals surface area contributed by atoms with Gasteiger partial charge in [0.25, 0.3) is 0 Å². The van der Waals surface area contributed by atoms with E-state index in [9.17, 15) is 0 Å². The van der Waals surface area contributed by atoms with Crippen molar-refractivity contribution in [1.29, 1.82) is 0 Å². The van der Waals surface area contributed by atoms with Crippen molar-refractivity contribution in [1.82, 2.24) is 5.32 Å². The largest absolute Gasteiger partial charge is 0.310 e. The summed E-state index contributed by atoms with van der Waals surface area (Å²) in [6.07, 6.45) is 5.85. The Balaban J connectivity index is 1.78. The van der Waals surface area contributed by atoms with Crippen LogP contribution in [-0.2, 0) is 0 Å². The molecule has 0 amide bonds. The molecule has 2 aliphatic rings. The molecule has 0 radical (unpaired) electrons. The molecule has 0 aromatic heterocycles. The smallest absolute Gasteiger partial charge is 0.0194 e. The van der Waals surface area contributed by atoms with Gasteiger partial charge in [0.1, 0.15) is 0 Å². The molecular weight excluding hydrogens is 190 g/mol. The van der Waals surface area contributed by atoms with E-state index in [-0.39, 0.29) is 0 Å². The van der Waals surface area contributed by atoms with E-state index in [1.165, 1.54) is 37.2 Å². The van der Waals surface area contributed by atoms with Crippen molar-refractivity contribution in [2.75, 3.05) is 11.5 Å². The van der Waals surface area contributed by atoms with E-state index in [2.05, 4.69) is 30.9 Å². The molecule has 1 saturated carbocycles. The molecule has 1 N–H and O–H groups in total. The molecule has 14 heavy (non-hydrogen) atoms. The lowest BCUT2D eigenvalue weighted by atomic mass is 9.97. The number of nitrogens with one attached hydrogen (secondary N) is 1. The summed E-state index contributed by atoms with van der Waals surface area (Å²) in [6.45, 7) is 4.78. The lowest BCUT2D eigenvalue weighted by molar-refractivity contribution is 0.323. The Bertz CT molecular complexity index is 177. The maximum Gasteiger partial charge on any atom is 0.0194 e. The first kappa shape index (κ1) is 10.8. The van der Waals surface area contributed by atoms with Gasteiger partial charge in [-0.15, -0.1) is 0 Å². The van der Waals surface area contributed by atoms with E-state index in [4.69, 9.17) is 0 Å². The van der Waals surface area contributed by atoms with Crippen LogP contribution in [0.5, 0.6) is 0 Å². The number of hydrogen-bond donors (Lipinski definition) is 1. The molecule has 0 aromatic rings. The number of rotatable bonds is 3. The van der Waals surface area contributed by atoms with Crippen LogP contribution in [0.1, 0.15) is 39.5 Å². The Kier molecular flexibility index (Phi) is 3.78. The molecular formula is C12H23NS. The van der Waals surface area contributed by atoms with E-state index in [1.807, 2.05) is 0 Å². The summed E-state index contributed by atoms with van der Waals surface area (Å²) in [5, 5.41) is 3.85. The highest BCUT2D eigenvalue weighted by molar-refractivity contribution is 7.99. The molecule has 1 aliphatic carbocycles. The molecule has 1 saturated heterocycles. The molecule has 0 bridgehead atoms. The van der Waals surface area contributed by atoms with Gasteiger partial charge in [0.2, 0.25) is 0 Å². The topological polar surface area (TPSA) is 12.0 Å². The Morgan fingerprint density at radius 2 is 1.93 bits per heavy atom. The summed E-state index contributed by atoms with van der Waals surface area (Å²) in [7, 11) is 0. The van der Waals surface area contributed by atoms with Gasteiger partial charge in [-0.3, -0.25) is 0 Å². The predicted octanol–water partition coefficient (Wildman–Crippen LogP) is 2.91. The third-order valence-electron chi connectivity index (χ3n) is 3.95. The molecule has 2 rings (SSSR count). The van der Waals surface area contributed by atoms with Gasteiger partial charge in [0.05, 0.1) is 0 Å². The summed E-state index contributed by atoms with van der Waals surface area (Å²) >= 11 is 2.11. The van der Waals surface area contributed by atoms with E-state index >= 15 is 0 Å². The van der Waals surface area contributed by atoms with E-state index < -0.39 is 0 Å². The van der Waals surface area contributed by atoms with Gasteiger partial charge in [-0.1, -0.05) is 19.8 Å². The molecule has 2 heteroatoms. The van der Waals surface area contributed by atoms with Crippen LogP contribution in [-0.4, -0.2) is 23.6 Å². The van der Waals surface area contributed by atoms with Crippen LogP contribution in [0.2, 0.25) is 0 Å². The highest BCUT2D eigenvalue weighted by Gasteiger charge is 2.28. The number of thioether (sulfide) groups is 1. The van der Waals surface area contributed by atoms with Crippen molar-refractivity contribution >= 4 is 11.8 Å². The molecule has 1 aliphatic heterocycles. The third-order valence-corrected chi connectivity index (χ3v) is 5.31. The van der Waals surface area contributed by atoms with Gasteiger partial charge in [0.15, 0.2) is 0 Å². The highest BCUT2D eigenvalue weighted by Crippen LogP contribution is 2.30. The van der Waals surface area contributed by atoms with E-state index in [0.717, 1.165) is 23.9 Å². The van der Waals surface area contributed by atoms with Gasteiger partial charge >= 0.3 is 0 Å². The zero-order valence-electron chi connectivity index (χ0n) is 9.46. The van der Waals surface area contributed by atoms with Gasteiger partial charge < -0.3 is 5.32 Å². The quantitative estimate of drug-likeness (QED) is 0.773. The second-order valence-corrected chi connectivity index (χ2v) is 6.20. The average molecular weight is 213 g/mol. The molecule has 2 fully saturated rings. The molecule has 1 nitrogen and oxygen atoms in total. The van der Waals surface area contributed by atoms with E-state index in [0.29, 0.717) is 0 Å². The van der Waals surface area contributed by atoms with Crippen LogP contribution in [0.15, 0.2) is 0 Å². The Morgan fingerprint density at radius 1 is 1.21 bits per heavy atom. The van der Waals surface area contributed by atoms with Crippen LogP contribution in [0, 0.1) is 11.8 Å². The van der Waals surface area contributed by atoms with Crippen molar-refractivity contribution in [3.63, 3.8) is 0 Å². The molecule has 0 aromatic carbocycles. The fourth-order valence-corrected chi connectivity index (χ4v) is 4.22. The van der Waals surface area contributed by atoms with Crippen molar-refractivity contribution in [3.8, 4) is 0 Å². The summed E-state index contributed by atoms with van der Waals surface area (Å²) in [5.41, 5.74) is 0. The summed E-state index contributed by atoms with van der Waals surface area (Å²) in [5.74, 6) is 4.53. The minimum absolute atomic E-state index is 0.753. The number of hydrogen-bond acceptors (Lipinski definition) is 2. The lowest BCUT2D eigenvalue weighted by Gasteiger charge is -2.26. The van der Waals surface area contributed by atoms with Crippen LogP contribution < -0.4 is 5.32 Å². The molecule has 2 unspecified atom stereocenters. The first-order valence-electron chi connectivity index (χ1n) is 6.11. The molecule has 0 spiro atoms. The average Bonchev–Trinajstić information content (AvgIpc) is 2.77. The maximum absolute atomic E-state index is 3.85. The standard InChI is InChI=1S/C12H23NS/c1-9-7-14-8-12(9)13-10(2)11-5-3-4-6-11/h9-13H,3-8H2,1-2H3/t9?,10-,12?/m0/s1. The van der Waals surface area contributed by atoms with Gasteiger partial charge in [-0.05, 0) is 37.4 Å². The van der Waals surface area contributed by atoms with E-state index in [1.54, 1.807) is 0 Å². The highest BCUT2D eigenvalue weighted by atomic mass is 32.2. The summed E-state index contributed by atoms with van der Waals surface area (Å²) in [4.78, 5) is 0. The fourth-order valence-electron chi connectivity index (χ4n) is 2.80. The maximum atomic E-state index is 3.85. The minimum atomic E-state index is 0.753. The Morgan fingerprint density at radius 3 is 2.50 bits per heavy atom. The van der Waals surface area contributed by atoms with Gasteiger partial charge in [0, 0.05) is 17.8 Å². The van der Waals surface area contributed by atoms with Crippen LogP contribution in [0.3, 0.4) is 0 Å². The van der Waals surface area contributed by atoms with Crippen molar-refractivity contribution in [2.24, 2.45) is 11.8 Å². The summed E-state index contributed by atoms with van der Waals surface area (Å²) in [6, 6.07) is 1.54. The second-order valence-electron chi connectivity index (χ2n) is 5.12. The van der Waals surface area contributed by atoms with Gasteiger partial charge in [-0.2, -0.15) is 11.8 Å². The van der Waals surface area contributed by atoms with Gasteiger partial charge in [-0.25, -0.2) is 0 Å². The zero-order valence-corrected chi connectivity index (χ0v) is 10.3. The van der Waals surface area contributed by atoms with Crippen molar-refractivity contribution in [3.05, 3.63) is 0 Å². The summed E-state index contributed by atoms with van der Waals surface area (Å²) < 4.78 is 0. The molecule has 82 valence electrons. The van der Waals surface area contributed by atoms with Crippen molar-refractivity contribution in [2.45, 2.75) is 51.6 Å². The monoisotopic (exact) mass is 213 g/mol. The predicted molar refractivity (Wildman–Crippen MR) is 64.8 cm³/mol.